The van der Waals surface area contributed by atoms with Crippen molar-refractivity contribution in [2.45, 2.75) is 0 Å². The number of rotatable bonds is 1. The summed E-state index contributed by atoms with van der Waals surface area (Å²) in [6.07, 6.45) is 2.50. The van der Waals surface area contributed by atoms with Gasteiger partial charge < -0.3 is 5.32 Å². The second-order valence-corrected chi connectivity index (χ2v) is 3.51. The third-order valence-corrected chi connectivity index (χ3v) is 2.29. The average molecular weight is 246 g/mol. The van der Waals surface area contributed by atoms with Crippen molar-refractivity contribution in [2.24, 2.45) is 0 Å². The molecule has 1 heterocycles. The van der Waals surface area contributed by atoms with Gasteiger partial charge in [-0.3, -0.25) is 19.3 Å². The molecule has 0 unspecified atom stereocenters. The Labute approximate surface area is 105 Å². The van der Waals surface area contributed by atoms with Crippen molar-refractivity contribution in [2.75, 3.05) is 14.1 Å². The van der Waals surface area contributed by atoms with Crippen LogP contribution in [0.5, 0.6) is 0 Å². The lowest BCUT2D eigenvalue weighted by molar-refractivity contribution is -0.135. The molecule has 1 aromatic carbocycles. The standard InChI is InChI=1S/C8H9NO.C5H5NO2/c1-9-8(10)7-5-3-2-4-6-7;1-6-4(7)2-3-5(6)8/h2-6H,1H3,(H,9,10);2-3H,1H3. The maximum atomic E-state index is 10.9. The van der Waals surface area contributed by atoms with Crippen molar-refractivity contribution in [1.29, 1.82) is 0 Å². The predicted octanol–water partition coefficient (Wildman–Crippen LogP) is 0.587. The lowest BCUT2D eigenvalue weighted by atomic mass is 10.2. The van der Waals surface area contributed by atoms with E-state index in [1.807, 2.05) is 18.2 Å². The number of imide groups is 1. The maximum absolute atomic E-state index is 10.9. The van der Waals surface area contributed by atoms with Crippen LogP contribution in [0.25, 0.3) is 0 Å². The summed E-state index contributed by atoms with van der Waals surface area (Å²) in [4.78, 5) is 32.8. The number of hydrogen-bond donors (Lipinski definition) is 1. The highest BCUT2D eigenvalue weighted by molar-refractivity contribution is 6.12. The number of carbonyl (C=O) groups is 3. The van der Waals surface area contributed by atoms with Crippen LogP contribution in [-0.2, 0) is 9.59 Å². The van der Waals surface area contributed by atoms with E-state index in [1.165, 1.54) is 19.2 Å². The molecule has 1 aliphatic rings. The molecule has 94 valence electrons. The van der Waals surface area contributed by atoms with E-state index in [9.17, 15) is 14.4 Å². The minimum absolute atomic E-state index is 0.0411. The van der Waals surface area contributed by atoms with E-state index < -0.39 is 0 Å². The first-order valence-corrected chi connectivity index (χ1v) is 5.33. The fourth-order valence-corrected chi connectivity index (χ4v) is 1.21. The lowest BCUT2D eigenvalue weighted by Crippen LogP contribution is -2.24. The van der Waals surface area contributed by atoms with E-state index in [1.54, 1.807) is 19.2 Å². The van der Waals surface area contributed by atoms with Gasteiger partial charge in [0, 0.05) is 31.8 Å². The average Bonchev–Trinajstić information content (AvgIpc) is 2.71. The predicted molar refractivity (Wildman–Crippen MR) is 66.7 cm³/mol. The molecule has 3 amide bonds. The van der Waals surface area contributed by atoms with Crippen LogP contribution in [0.3, 0.4) is 0 Å². The van der Waals surface area contributed by atoms with Crippen LogP contribution in [0, 0.1) is 0 Å². The van der Waals surface area contributed by atoms with Crippen LogP contribution >= 0.6 is 0 Å². The van der Waals surface area contributed by atoms with E-state index in [4.69, 9.17) is 0 Å². The van der Waals surface area contributed by atoms with Gasteiger partial charge in [-0.15, -0.1) is 0 Å². The Morgan fingerprint density at radius 2 is 1.56 bits per heavy atom. The second kappa shape index (κ2) is 6.34. The van der Waals surface area contributed by atoms with Crippen LogP contribution in [0.15, 0.2) is 42.5 Å². The summed E-state index contributed by atoms with van der Waals surface area (Å²) < 4.78 is 0. The van der Waals surface area contributed by atoms with Gasteiger partial charge in [-0.25, -0.2) is 0 Å². The van der Waals surface area contributed by atoms with Crippen molar-refractivity contribution in [3.05, 3.63) is 48.0 Å². The maximum Gasteiger partial charge on any atom is 0.253 e. The number of nitrogens with one attached hydrogen (secondary N) is 1. The summed E-state index contributed by atoms with van der Waals surface area (Å²) >= 11 is 0. The Morgan fingerprint density at radius 3 is 1.89 bits per heavy atom. The van der Waals surface area contributed by atoms with E-state index in [0.29, 0.717) is 5.56 Å². The number of nitrogens with zero attached hydrogens (tertiary/aromatic N) is 1. The largest absolute Gasteiger partial charge is 0.355 e. The van der Waals surface area contributed by atoms with Crippen molar-refractivity contribution < 1.29 is 14.4 Å². The Bertz CT molecular complexity index is 462. The van der Waals surface area contributed by atoms with E-state index in [0.717, 1.165) is 4.90 Å². The van der Waals surface area contributed by atoms with Gasteiger partial charge in [0.05, 0.1) is 0 Å². The molecule has 1 aliphatic heterocycles. The number of likely N-dealkylation sites (N-methyl/N-ethyl adjacent to an activating group) is 1. The van der Waals surface area contributed by atoms with Gasteiger partial charge in [0.25, 0.3) is 17.7 Å². The van der Waals surface area contributed by atoms with E-state index in [-0.39, 0.29) is 17.7 Å². The normalized spacial score (nSPS) is 13.1. The van der Waals surface area contributed by atoms with E-state index in [2.05, 4.69) is 5.32 Å². The van der Waals surface area contributed by atoms with Crippen molar-refractivity contribution in [3.63, 3.8) is 0 Å². The highest BCUT2D eigenvalue weighted by Crippen LogP contribution is 1.97. The summed E-state index contributed by atoms with van der Waals surface area (Å²) in [5, 5.41) is 2.54. The molecule has 0 saturated carbocycles. The Hall–Kier alpha value is -2.43. The smallest absolute Gasteiger partial charge is 0.253 e. The first-order valence-electron chi connectivity index (χ1n) is 5.33. The molecular formula is C13H14N2O3. The van der Waals surface area contributed by atoms with Gasteiger partial charge in [0.15, 0.2) is 0 Å². The van der Waals surface area contributed by atoms with Gasteiger partial charge in [-0.2, -0.15) is 0 Å². The van der Waals surface area contributed by atoms with Crippen LogP contribution in [0.4, 0.5) is 0 Å². The molecule has 1 aromatic rings. The number of benzene rings is 1. The molecule has 0 aliphatic carbocycles. The highest BCUT2D eigenvalue weighted by atomic mass is 16.2. The van der Waals surface area contributed by atoms with Crippen LogP contribution in [0.1, 0.15) is 10.4 Å². The first-order chi connectivity index (χ1) is 8.56. The van der Waals surface area contributed by atoms with Crippen LogP contribution in [0.2, 0.25) is 0 Å². The zero-order valence-electron chi connectivity index (χ0n) is 10.2. The topological polar surface area (TPSA) is 66.5 Å². The Balaban J connectivity index is 0.000000184. The summed E-state index contributed by atoms with van der Waals surface area (Å²) in [6.45, 7) is 0. The van der Waals surface area contributed by atoms with Crippen LogP contribution in [-0.4, -0.2) is 36.7 Å². The monoisotopic (exact) mass is 246 g/mol. The quantitative estimate of drug-likeness (QED) is 0.737. The fraction of sp³-hybridized carbons (Fsp3) is 0.154. The molecule has 5 nitrogen and oxygen atoms in total. The third-order valence-electron chi connectivity index (χ3n) is 2.29. The SMILES string of the molecule is CN1C(=O)C=CC1=O.CNC(=O)c1ccccc1. The van der Waals surface area contributed by atoms with Crippen molar-refractivity contribution in [3.8, 4) is 0 Å². The van der Waals surface area contributed by atoms with Crippen LogP contribution < -0.4 is 5.32 Å². The summed E-state index contributed by atoms with van der Waals surface area (Å²) in [5.74, 6) is -0.523. The molecule has 1 N–H and O–H groups in total. The van der Waals surface area contributed by atoms with Gasteiger partial charge in [-0.05, 0) is 12.1 Å². The zero-order valence-corrected chi connectivity index (χ0v) is 10.2. The molecule has 0 atom stereocenters. The number of hydrogen-bond acceptors (Lipinski definition) is 3. The van der Waals surface area contributed by atoms with E-state index >= 15 is 0 Å². The molecule has 0 saturated heterocycles. The summed E-state index contributed by atoms with van der Waals surface area (Å²) in [7, 11) is 3.07. The molecule has 0 radical (unpaired) electrons. The molecular weight excluding hydrogens is 232 g/mol. The van der Waals surface area contributed by atoms with Gasteiger partial charge in [-0.1, -0.05) is 18.2 Å². The molecule has 2 rings (SSSR count). The van der Waals surface area contributed by atoms with Gasteiger partial charge in [0.2, 0.25) is 0 Å². The van der Waals surface area contributed by atoms with Gasteiger partial charge >= 0.3 is 0 Å². The molecule has 0 fully saturated rings. The third kappa shape index (κ3) is 3.55. The zero-order chi connectivity index (χ0) is 13.5. The summed E-state index contributed by atoms with van der Waals surface area (Å²) in [6, 6.07) is 9.11. The minimum Gasteiger partial charge on any atom is -0.355 e. The molecule has 0 spiro atoms. The highest BCUT2D eigenvalue weighted by Gasteiger charge is 2.17. The fourth-order valence-electron chi connectivity index (χ4n) is 1.21. The Morgan fingerprint density at radius 1 is 1.06 bits per heavy atom. The first kappa shape index (κ1) is 13.6. The van der Waals surface area contributed by atoms with Crippen molar-refractivity contribution in [1.82, 2.24) is 10.2 Å². The Kier molecular flexibility index (Phi) is 4.80. The minimum atomic E-state index is -0.241. The van der Waals surface area contributed by atoms with Crippen molar-refractivity contribution >= 4 is 17.7 Å². The second-order valence-electron chi connectivity index (χ2n) is 3.51. The van der Waals surface area contributed by atoms with Gasteiger partial charge in [0.1, 0.15) is 0 Å². The number of amides is 3. The molecule has 18 heavy (non-hydrogen) atoms. The number of carbonyl (C=O) groups excluding carboxylic acids is 3. The summed E-state index contributed by atoms with van der Waals surface area (Å²) in [5.41, 5.74) is 0.699. The molecule has 0 aromatic heterocycles. The lowest BCUT2D eigenvalue weighted by Gasteiger charge is -2.01. The molecule has 5 heteroatoms. The molecule has 0 bridgehead atoms.